The third-order valence-corrected chi connectivity index (χ3v) is 6.61. The van der Waals surface area contributed by atoms with Crippen molar-refractivity contribution >= 4 is 39.0 Å². The summed E-state index contributed by atoms with van der Waals surface area (Å²) >= 11 is 1.37. The first kappa shape index (κ1) is 27.3. The van der Waals surface area contributed by atoms with E-state index >= 15 is 0 Å². The van der Waals surface area contributed by atoms with Gasteiger partial charge in [-0.05, 0) is 47.5 Å². The number of rotatable bonds is 9. The number of aromatic nitrogens is 2. The molecule has 5 aromatic rings. The number of pyridine rings is 2. The van der Waals surface area contributed by atoms with Crippen LogP contribution in [-0.2, 0) is 11.4 Å². The summed E-state index contributed by atoms with van der Waals surface area (Å²) < 4.78 is 18.8. The van der Waals surface area contributed by atoms with Crippen LogP contribution in [0, 0.1) is 0 Å². The van der Waals surface area contributed by atoms with Gasteiger partial charge in [0, 0.05) is 40.3 Å². The maximum absolute atomic E-state index is 12.1. The Morgan fingerprint density at radius 1 is 0.974 bits per heavy atom. The maximum atomic E-state index is 12.1. The topological polar surface area (TPSA) is 93.6 Å². The van der Waals surface area contributed by atoms with E-state index < -0.39 is 5.97 Å². The third-order valence-electron chi connectivity index (χ3n) is 5.53. The Morgan fingerprint density at radius 2 is 1.76 bits per heavy atom. The first-order valence-electron chi connectivity index (χ1n) is 11.3. The van der Waals surface area contributed by atoms with Crippen LogP contribution >= 0.6 is 11.3 Å². The standard InChI is InChI=1S/C29H22N2O5S.Na/c1-34-24-16-26-23(14-25(24)35-18-19-6-3-2-4-7-19)28(36-21-8-5-11-31-17-21)27(37-26)15-22(29(32)33)20-9-12-30-13-10-20;/h2-17H,18H2,1H3,(H,32,33);/q;+1/p-1/b22-15+;. The molecule has 5 rings (SSSR count). The van der Waals surface area contributed by atoms with E-state index in [1.54, 1.807) is 49.8 Å². The first-order valence-corrected chi connectivity index (χ1v) is 12.2. The molecule has 0 atom stereocenters. The predicted octanol–water partition coefficient (Wildman–Crippen LogP) is 2.37. The minimum Gasteiger partial charge on any atom is -0.545 e. The molecule has 0 spiro atoms. The van der Waals surface area contributed by atoms with E-state index in [0.717, 1.165) is 15.6 Å². The number of carboxylic acids is 1. The number of aliphatic carboxylic acids is 1. The Morgan fingerprint density at radius 3 is 2.45 bits per heavy atom. The molecule has 184 valence electrons. The monoisotopic (exact) mass is 532 g/mol. The molecule has 0 radical (unpaired) electrons. The van der Waals surface area contributed by atoms with Gasteiger partial charge in [0.05, 0.1) is 24.2 Å². The summed E-state index contributed by atoms with van der Waals surface area (Å²) in [5, 5.41) is 12.8. The van der Waals surface area contributed by atoms with Gasteiger partial charge in [-0.15, -0.1) is 11.3 Å². The van der Waals surface area contributed by atoms with Crippen molar-refractivity contribution in [2.75, 3.05) is 7.11 Å². The second-order valence-electron chi connectivity index (χ2n) is 7.94. The second kappa shape index (κ2) is 12.7. The van der Waals surface area contributed by atoms with Crippen LogP contribution in [0.15, 0.2) is 91.5 Å². The maximum Gasteiger partial charge on any atom is 1.00 e. The molecule has 0 saturated carbocycles. The van der Waals surface area contributed by atoms with Crippen molar-refractivity contribution in [3.8, 4) is 23.0 Å². The van der Waals surface area contributed by atoms with Crippen LogP contribution in [0.25, 0.3) is 21.7 Å². The van der Waals surface area contributed by atoms with E-state index in [2.05, 4.69) is 9.97 Å². The SMILES string of the molecule is COc1cc2sc(/C=C(/C(=O)[O-])c3ccncc3)c(Oc3cccnc3)c2cc1OCc1ccccc1.[Na+]. The minimum atomic E-state index is -1.31. The number of fused-ring (bicyclic) bond motifs is 1. The van der Waals surface area contributed by atoms with Crippen molar-refractivity contribution < 1.29 is 53.7 Å². The summed E-state index contributed by atoms with van der Waals surface area (Å²) in [6.07, 6.45) is 7.86. The van der Waals surface area contributed by atoms with Gasteiger partial charge >= 0.3 is 29.6 Å². The molecule has 0 saturated heterocycles. The summed E-state index contributed by atoms with van der Waals surface area (Å²) in [5.41, 5.74) is 1.50. The van der Waals surface area contributed by atoms with Gasteiger partial charge in [0.2, 0.25) is 0 Å². The number of carboxylic acid groups (broad SMARTS) is 1. The van der Waals surface area contributed by atoms with Crippen molar-refractivity contribution in [2.45, 2.75) is 6.61 Å². The van der Waals surface area contributed by atoms with Gasteiger partial charge in [-0.2, -0.15) is 0 Å². The van der Waals surface area contributed by atoms with Crippen LogP contribution in [-0.4, -0.2) is 23.0 Å². The fraction of sp³-hybridized carbons (Fsp3) is 0.0690. The quantitative estimate of drug-likeness (QED) is 0.213. The summed E-state index contributed by atoms with van der Waals surface area (Å²) in [6.45, 7) is 0.356. The molecule has 0 fully saturated rings. The van der Waals surface area contributed by atoms with Crippen molar-refractivity contribution in [3.63, 3.8) is 0 Å². The zero-order chi connectivity index (χ0) is 25.6. The minimum absolute atomic E-state index is 0. The Kier molecular flexibility index (Phi) is 9.15. The van der Waals surface area contributed by atoms with Gasteiger partial charge in [0.25, 0.3) is 0 Å². The molecule has 38 heavy (non-hydrogen) atoms. The first-order chi connectivity index (χ1) is 18.1. The number of nitrogens with zero attached hydrogens (tertiary/aromatic N) is 2. The van der Waals surface area contributed by atoms with E-state index in [1.165, 1.54) is 23.7 Å². The average Bonchev–Trinajstić information content (AvgIpc) is 3.27. The van der Waals surface area contributed by atoms with Gasteiger partial charge in [-0.1, -0.05) is 30.3 Å². The Balaban J connectivity index is 0.00000336. The summed E-state index contributed by atoms with van der Waals surface area (Å²) in [4.78, 5) is 20.8. The Labute approximate surface area is 245 Å². The molecule has 0 amide bonds. The number of benzene rings is 2. The molecule has 3 heterocycles. The van der Waals surface area contributed by atoms with Gasteiger partial charge < -0.3 is 24.1 Å². The third kappa shape index (κ3) is 6.23. The fourth-order valence-electron chi connectivity index (χ4n) is 3.76. The Hall–Kier alpha value is -3.69. The molecule has 0 unspecified atom stereocenters. The number of hydrogen-bond donors (Lipinski definition) is 0. The molecule has 0 bridgehead atoms. The van der Waals surface area contributed by atoms with Crippen molar-refractivity contribution in [1.82, 2.24) is 9.97 Å². The van der Waals surface area contributed by atoms with Crippen LogP contribution in [0.5, 0.6) is 23.0 Å². The molecule has 9 heteroatoms. The molecule has 2 aromatic carbocycles. The number of methoxy groups -OCH3 is 1. The summed E-state index contributed by atoms with van der Waals surface area (Å²) in [5.74, 6) is 0.784. The van der Waals surface area contributed by atoms with Crippen LogP contribution in [0.3, 0.4) is 0 Å². The molecular formula is C29H21N2NaO5S. The normalized spacial score (nSPS) is 11.0. The molecule has 3 aromatic heterocycles. The van der Waals surface area contributed by atoms with E-state index in [-0.39, 0.29) is 35.1 Å². The van der Waals surface area contributed by atoms with Crippen LogP contribution in [0.1, 0.15) is 16.0 Å². The van der Waals surface area contributed by atoms with Gasteiger partial charge in [0.1, 0.15) is 12.4 Å². The number of hydrogen-bond acceptors (Lipinski definition) is 8. The van der Waals surface area contributed by atoms with Crippen molar-refractivity contribution in [1.29, 1.82) is 0 Å². The Bertz CT molecular complexity index is 1560. The van der Waals surface area contributed by atoms with E-state index in [1.807, 2.05) is 42.5 Å². The molecule has 0 N–H and O–H groups in total. The zero-order valence-electron chi connectivity index (χ0n) is 20.8. The molecule has 7 nitrogen and oxygen atoms in total. The molecular weight excluding hydrogens is 511 g/mol. The van der Waals surface area contributed by atoms with E-state index in [0.29, 0.717) is 40.0 Å². The number of carbonyl (C=O) groups is 1. The second-order valence-corrected chi connectivity index (χ2v) is 9.02. The average molecular weight is 533 g/mol. The van der Waals surface area contributed by atoms with Crippen LogP contribution in [0.2, 0.25) is 0 Å². The van der Waals surface area contributed by atoms with Gasteiger partial charge in [-0.3, -0.25) is 9.97 Å². The van der Waals surface area contributed by atoms with E-state index in [9.17, 15) is 9.90 Å². The number of ether oxygens (including phenoxy) is 3. The molecule has 0 aliphatic carbocycles. The van der Waals surface area contributed by atoms with E-state index in [4.69, 9.17) is 14.2 Å². The molecule has 0 aliphatic heterocycles. The molecule has 0 aliphatic rings. The van der Waals surface area contributed by atoms with Crippen LogP contribution < -0.4 is 48.9 Å². The van der Waals surface area contributed by atoms with Crippen LogP contribution in [0.4, 0.5) is 0 Å². The van der Waals surface area contributed by atoms with Crippen molar-refractivity contribution in [2.24, 2.45) is 0 Å². The zero-order valence-corrected chi connectivity index (χ0v) is 23.6. The largest absolute Gasteiger partial charge is 1.00 e. The van der Waals surface area contributed by atoms with Gasteiger partial charge in [0.15, 0.2) is 17.2 Å². The summed E-state index contributed by atoms with van der Waals surface area (Å²) in [7, 11) is 1.58. The smallest absolute Gasteiger partial charge is 0.545 e. The fourth-order valence-corrected chi connectivity index (χ4v) is 4.84. The van der Waals surface area contributed by atoms with Crippen molar-refractivity contribution in [3.05, 3.63) is 108 Å². The number of thiophene rings is 1. The van der Waals surface area contributed by atoms with Gasteiger partial charge in [-0.25, -0.2) is 0 Å². The number of carbonyl (C=O) groups excluding carboxylic acids is 1. The summed E-state index contributed by atoms with van der Waals surface area (Å²) in [6, 6.07) is 20.3. The predicted molar refractivity (Wildman–Crippen MR) is 141 cm³/mol.